The minimum absolute atomic E-state index is 0.190. The monoisotopic (exact) mass is 298 g/mol. The summed E-state index contributed by atoms with van der Waals surface area (Å²) < 4.78 is 6.54. The van der Waals surface area contributed by atoms with Gasteiger partial charge in [-0.1, -0.05) is 6.92 Å². The molecule has 0 unspecified atom stereocenters. The van der Waals surface area contributed by atoms with Crippen LogP contribution in [0.1, 0.15) is 51.9 Å². The van der Waals surface area contributed by atoms with Crippen LogP contribution in [0.4, 0.5) is 0 Å². The van der Waals surface area contributed by atoms with Crippen LogP contribution >= 0.6 is 0 Å². The number of fused-ring (bicyclic) bond motifs is 1. The fraction of sp³-hybridized carbons (Fsp3) is 0.353. The standard InChI is InChI=1S/C17H18N2O3/c1-3-13-16-14(5-4-6-15(16)20)19(18-13)12-9-7-11(8-10-12)17(21)22-2/h7-10H,3-6H2,1-2H3. The van der Waals surface area contributed by atoms with E-state index in [0.29, 0.717) is 12.0 Å². The molecule has 0 fully saturated rings. The van der Waals surface area contributed by atoms with Crippen molar-refractivity contribution in [3.05, 3.63) is 46.8 Å². The summed E-state index contributed by atoms with van der Waals surface area (Å²) in [6, 6.07) is 7.09. The zero-order valence-electron chi connectivity index (χ0n) is 12.8. The number of rotatable bonds is 3. The first-order valence-corrected chi connectivity index (χ1v) is 7.48. The molecule has 1 aromatic carbocycles. The van der Waals surface area contributed by atoms with Gasteiger partial charge in [-0.3, -0.25) is 4.79 Å². The molecule has 0 radical (unpaired) electrons. The highest BCUT2D eigenvalue weighted by molar-refractivity contribution is 5.99. The second-order valence-corrected chi connectivity index (χ2v) is 5.35. The molecule has 0 saturated carbocycles. The van der Waals surface area contributed by atoms with Gasteiger partial charge in [0.15, 0.2) is 5.78 Å². The summed E-state index contributed by atoms with van der Waals surface area (Å²) in [7, 11) is 1.36. The van der Waals surface area contributed by atoms with E-state index in [2.05, 4.69) is 5.10 Å². The van der Waals surface area contributed by atoms with Gasteiger partial charge in [0.05, 0.1) is 35.3 Å². The van der Waals surface area contributed by atoms with Crippen LogP contribution in [0, 0.1) is 0 Å². The van der Waals surface area contributed by atoms with E-state index in [9.17, 15) is 9.59 Å². The first-order chi connectivity index (χ1) is 10.7. The number of esters is 1. The van der Waals surface area contributed by atoms with Crippen molar-refractivity contribution in [1.82, 2.24) is 9.78 Å². The molecule has 0 atom stereocenters. The first kappa shape index (κ1) is 14.5. The molecule has 0 bridgehead atoms. The number of aryl methyl sites for hydroxylation is 1. The fourth-order valence-corrected chi connectivity index (χ4v) is 2.92. The highest BCUT2D eigenvalue weighted by Crippen LogP contribution is 2.27. The number of aromatic nitrogens is 2. The first-order valence-electron chi connectivity index (χ1n) is 7.48. The molecule has 22 heavy (non-hydrogen) atoms. The molecule has 1 aliphatic rings. The number of Topliss-reactive ketones (excluding diaryl/α,β-unsaturated/α-hetero) is 1. The number of carbonyl (C=O) groups excluding carboxylic acids is 2. The number of nitrogens with zero attached hydrogens (tertiary/aromatic N) is 2. The van der Waals surface area contributed by atoms with Crippen LogP contribution in [0.3, 0.4) is 0 Å². The molecule has 5 heteroatoms. The molecule has 114 valence electrons. The number of benzene rings is 1. The third-order valence-corrected chi connectivity index (χ3v) is 4.02. The van der Waals surface area contributed by atoms with Gasteiger partial charge in [-0.25, -0.2) is 9.48 Å². The minimum atomic E-state index is -0.363. The van der Waals surface area contributed by atoms with Crippen LogP contribution in [-0.4, -0.2) is 28.6 Å². The lowest BCUT2D eigenvalue weighted by molar-refractivity contribution is 0.0600. The predicted molar refractivity (Wildman–Crippen MR) is 81.6 cm³/mol. The van der Waals surface area contributed by atoms with Crippen LogP contribution < -0.4 is 0 Å². The zero-order chi connectivity index (χ0) is 15.7. The van der Waals surface area contributed by atoms with Crippen LogP contribution in [0.25, 0.3) is 5.69 Å². The Morgan fingerprint density at radius 1 is 1.27 bits per heavy atom. The summed E-state index contributed by atoms with van der Waals surface area (Å²) in [4.78, 5) is 23.7. The summed E-state index contributed by atoms with van der Waals surface area (Å²) in [5, 5.41) is 4.61. The number of ketones is 1. The SMILES string of the molecule is CCc1nn(-c2ccc(C(=O)OC)cc2)c2c1C(=O)CCC2. The molecule has 3 rings (SSSR count). The second kappa shape index (κ2) is 5.75. The van der Waals surface area contributed by atoms with Gasteiger partial charge in [0.2, 0.25) is 0 Å². The van der Waals surface area contributed by atoms with Crippen LogP contribution in [-0.2, 0) is 17.6 Å². The number of ether oxygens (including phenoxy) is 1. The molecular weight excluding hydrogens is 280 g/mol. The van der Waals surface area contributed by atoms with E-state index < -0.39 is 0 Å². The number of hydrogen-bond acceptors (Lipinski definition) is 4. The maximum Gasteiger partial charge on any atom is 0.337 e. The van der Waals surface area contributed by atoms with Gasteiger partial charge >= 0.3 is 5.97 Å². The summed E-state index contributed by atoms with van der Waals surface area (Å²) in [5.41, 5.74) is 4.00. The van der Waals surface area contributed by atoms with Gasteiger partial charge in [-0.2, -0.15) is 5.10 Å². The second-order valence-electron chi connectivity index (χ2n) is 5.35. The van der Waals surface area contributed by atoms with Gasteiger partial charge in [-0.05, 0) is 43.5 Å². The van der Waals surface area contributed by atoms with Crippen molar-refractivity contribution in [1.29, 1.82) is 0 Å². The molecule has 2 aromatic rings. The van der Waals surface area contributed by atoms with Crippen molar-refractivity contribution in [2.45, 2.75) is 32.6 Å². The smallest absolute Gasteiger partial charge is 0.337 e. The molecule has 1 heterocycles. The van der Waals surface area contributed by atoms with E-state index in [1.165, 1.54) is 7.11 Å². The Morgan fingerprint density at radius 2 is 2.00 bits per heavy atom. The third-order valence-electron chi connectivity index (χ3n) is 4.02. The minimum Gasteiger partial charge on any atom is -0.465 e. The Bertz CT molecular complexity index is 729. The third kappa shape index (κ3) is 2.32. The Kier molecular flexibility index (Phi) is 3.79. The molecule has 1 aromatic heterocycles. The van der Waals surface area contributed by atoms with Crippen molar-refractivity contribution < 1.29 is 14.3 Å². The van der Waals surface area contributed by atoms with Gasteiger partial charge in [0.1, 0.15) is 0 Å². The fourth-order valence-electron chi connectivity index (χ4n) is 2.92. The van der Waals surface area contributed by atoms with E-state index in [1.54, 1.807) is 12.1 Å². The molecule has 0 saturated heterocycles. The van der Waals surface area contributed by atoms with E-state index in [1.807, 2.05) is 23.7 Å². The van der Waals surface area contributed by atoms with E-state index in [4.69, 9.17) is 4.74 Å². The lowest BCUT2D eigenvalue weighted by atomic mass is 9.93. The maximum atomic E-state index is 12.2. The van der Waals surface area contributed by atoms with Crippen LogP contribution in [0.5, 0.6) is 0 Å². The predicted octanol–water partition coefficient (Wildman–Crippen LogP) is 2.74. The normalized spacial score (nSPS) is 13.8. The topological polar surface area (TPSA) is 61.2 Å². The lowest BCUT2D eigenvalue weighted by Crippen LogP contribution is -2.13. The highest BCUT2D eigenvalue weighted by Gasteiger charge is 2.26. The molecule has 1 aliphatic carbocycles. The Labute approximate surface area is 128 Å². The maximum absolute atomic E-state index is 12.2. The van der Waals surface area contributed by atoms with Crippen molar-refractivity contribution in [2.75, 3.05) is 7.11 Å². The summed E-state index contributed by atoms with van der Waals surface area (Å²) in [6.45, 7) is 2.01. The van der Waals surface area contributed by atoms with Crippen molar-refractivity contribution in [3.63, 3.8) is 0 Å². The number of carbonyl (C=O) groups is 2. The molecular formula is C17H18N2O3. The lowest BCUT2D eigenvalue weighted by Gasteiger charge is -2.13. The summed E-state index contributed by atoms with van der Waals surface area (Å²) in [6.07, 6.45) is 3.06. The Morgan fingerprint density at radius 3 is 2.64 bits per heavy atom. The van der Waals surface area contributed by atoms with Gasteiger partial charge in [0.25, 0.3) is 0 Å². The Hall–Kier alpha value is -2.43. The van der Waals surface area contributed by atoms with Gasteiger partial charge in [-0.15, -0.1) is 0 Å². The van der Waals surface area contributed by atoms with Gasteiger partial charge < -0.3 is 4.74 Å². The van der Waals surface area contributed by atoms with Crippen LogP contribution in [0.15, 0.2) is 24.3 Å². The van der Waals surface area contributed by atoms with Crippen molar-refractivity contribution >= 4 is 11.8 Å². The average molecular weight is 298 g/mol. The average Bonchev–Trinajstić information content (AvgIpc) is 2.94. The summed E-state index contributed by atoms with van der Waals surface area (Å²) in [5.74, 6) is -0.172. The number of hydrogen-bond donors (Lipinski definition) is 0. The van der Waals surface area contributed by atoms with Gasteiger partial charge in [0, 0.05) is 6.42 Å². The van der Waals surface area contributed by atoms with Crippen LogP contribution in [0.2, 0.25) is 0 Å². The largest absolute Gasteiger partial charge is 0.465 e. The van der Waals surface area contributed by atoms with Crippen molar-refractivity contribution in [3.8, 4) is 5.69 Å². The molecule has 0 spiro atoms. The van der Waals surface area contributed by atoms with E-state index in [-0.39, 0.29) is 11.8 Å². The number of methoxy groups -OCH3 is 1. The highest BCUT2D eigenvalue weighted by atomic mass is 16.5. The zero-order valence-corrected chi connectivity index (χ0v) is 12.8. The Balaban J connectivity index is 2.05. The molecule has 0 N–H and O–H groups in total. The molecule has 0 amide bonds. The summed E-state index contributed by atoms with van der Waals surface area (Å²) >= 11 is 0. The quantitative estimate of drug-likeness (QED) is 0.817. The van der Waals surface area contributed by atoms with Crippen molar-refractivity contribution in [2.24, 2.45) is 0 Å². The molecule has 5 nitrogen and oxygen atoms in total. The molecule has 0 aliphatic heterocycles. The van der Waals surface area contributed by atoms with E-state index >= 15 is 0 Å². The van der Waals surface area contributed by atoms with E-state index in [0.717, 1.165) is 41.9 Å².